The minimum absolute atomic E-state index is 0.0129. The Morgan fingerprint density at radius 2 is 1.95 bits per heavy atom. The number of nitrogens with two attached hydrogens (primary N) is 1. The summed E-state index contributed by atoms with van der Waals surface area (Å²) in [6.45, 7) is 2.71. The molecule has 19 heavy (non-hydrogen) atoms. The molecule has 3 N–H and O–H groups in total. The van der Waals surface area contributed by atoms with Crippen LogP contribution >= 0.6 is 0 Å². The summed E-state index contributed by atoms with van der Waals surface area (Å²) in [4.78, 5) is 0. The van der Waals surface area contributed by atoms with Crippen LogP contribution in [-0.4, -0.2) is 27.8 Å². The quantitative estimate of drug-likeness (QED) is 0.708. The largest absolute Gasteiger partial charge is 0.497 e. The molecule has 0 radical (unpaired) electrons. The Labute approximate surface area is 115 Å². The number of ether oxygens (including phenoxy) is 1. The highest BCUT2D eigenvalue weighted by Crippen LogP contribution is 2.19. The van der Waals surface area contributed by atoms with Crippen LogP contribution in [0.1, 0.15) is 31.4 Å². The van der Waals surface area contributed by atoms with Crippen molar-refractivity contribution in [2.24, 2.45) is 5.14 Å². The molecule has 1 atom stereocenters. The number of methoxy groups -OCH3 is 1. The summed E-state index contributed by atoms with van der Waals surface area (Å²) < 4.78 is 26.8. The fourth-order valence-corrected chi connectivity index (χ4v) is 2.43. The first-order chi connectivity index (χ1) is 8.96. The Morgan fingerprint density at radius 3 is 2.42 bits per heavy atom. The van der Waals surface area contributed by atoms with E-state index in [1.807, 2.05) is 24.3 Å². The van der Waals surface area contributed by atoms with Crippen molar-refractivity contribution in [3.8, 4) is 5.75 Å². The molecule has 108 valence electrons. The van der Waals surface area contributed by atoms with Gasteiger partial charge in [-0.15, -0.1) is 0 Å². The monoisotopic (exact) mass is 286 g/mol. The van der Waals surface area contributed by atoms with E-state index in [1.165, 1.54) is 5.56 Å². The van der Waals surface area contributed by atoms with E-state index in [0.29, 0.717) is 13.0 Å². The molecule has 0 amide bonds. The SMILES string of the molecule is CCC(NCCCS(N)(=O)=O)c1ccc(OC)cc1. The average molecular weight is 286 g/mol. The molecule has 0 aliphatic carbocycles. The summed E-state index contributed by atoms with van der Waals surface area (Å²) in [5, 5.41) is 8.29. The Bertz CT molecular complexity index is 471. The smallest absolute Gasteiger partial charge is 0.209 e. The molecular weight excluding hydrogens is 264 g/mol. The number of sulfonamides is 1. The molecular formula is C13H22N2O3S. The number of rotatable bonds is 8. The summed E-state index contributed by atoms with van der Waals surface area (Å²) in [6, 6.07) is 8.08. The normalized spacial score (nSPS) is 13.2. The van der Waals surface area contributed by atoms with Gasteiger partial charge in [-0.2, -0.15) is 0 Å². The van der Waals surface area contributed by atoms with Crippen LogP contribution < -0.4 is 15.2 Å². The zero-order valence-electron chi connectivity index (χ0n) is 11.4. The van der Waals surface area contributed by atoms with Crippen LogP contribution in [0.4, 0.5) is 0 Å². The average Bonchev–Trinajstić information content (AvgIpc) is 2.38. The third-order valence-corrected chi connectivity index (χ3v) is 3.78. The number of benzene rings is 1. The lowest BCUT2D eigenvalue weighted by molar-refractivity contribution is 0.414. The lowest BCUT2D eigenvalue weighted by atomic mass is 10.0. The predicted molar refractivity (Wildman–Crippen MR) is 76.6 cm³/mol. The van der Waals surface area contributed by atoms with Gasteiger partial charge in [0, 0.05) is 6.04 Å². The van der Waals surface area contributed by atoms with Crippen LogP contribution in [0.5, 0.6) is 5.75 Å². The van der Waals surface area contributed by atoms with Crippen molar-refractivity contribution < 1.29 is 13.2 Å². The van der Waals surface area contributed by atoms with Gasteiger partial charge in [0.1, 0.15) is 5.75 Å². The molecule has 1 unspecified atom stereocenters. The van der Waals surface area contributed by atoms with Crippen molar-refractivity contribution in [2.75, 3.05) is 19.4 Å². The molecule has 5 nitrogen and oxygen atoms in total. The van der Waals surface area contributed by atoms with E-state index in [4.69, 9.17) is 9.88 Å². The Hall–Kier alpha value is -1.11. The highest BCUT2D eigenvalue weighted by Gasteiger charge is 2.09. The zero-order valence-corrected chi connectivity index (χ0v) is 12.2. The third kappa shape index (κ3) is 6.04. The number of hydrogen-bond acceptors (Lipinski definition) is 4. The van der Waals surface area contributed by atoms with Crippen LogP contribution in [0.15, 0.2) is 24.3 Å². The lowest BCUT2D eigenvalue weighted by Gasteiger charge is -2.17. The molecule has 6 heteroatoms. The van der Waals surface area contributed by atoms with Crippen LogP contribution in [-0.2, 0) is 10.0 Å². The van der Waals surface area contributed by atoms with E-state index in [9.17, 15) is 8.42 Å². The van der Waals surface area contributed by atoms with Crippen molar-refractivity contribution in [3.05, 3.63) is 29.8 Å². The van der Waals surface area contributed by atoms with E-state index in [0.717, 1.165) is 12.2 Å². The molecule has 0 heterocycles. The second-order valence-corrected chi connectivity index (χ2v) is 6.14. The summed E-state index contributed by atoms with van der Waals surface area (Å²) >= 11 is 0. The van der Waals surface area contributed by atoms with Crippen molar-refractivity contribution in [1.29, 1.82) is 0 Å². The van der Waals surface area contributed by atoms with E-state index in [1.54, 1.807) is 7.11 Å². The second-order valence-electron chi connectivity index (χ2n) is 4.41. The second kappa shape index (κ2) is 7.47. The van der Waals surface area contributed by atoms with Crippen molar-refractivity contribution in [1.82, 2.24) is 5.32 Å². The first-order valence-electron chi connectivity index (χ1n) is 6.34. The van der Waals surface area contributed by atoms with E-state index in [2.05, 4.69) is 12.2 Å². The number of primary sulfonamides is 1. The van der Waals surface area contributed by atoms with Crippen molar-refractivity contribution >= 4 is 10.0 Å². The zero-order chi connectivity index (χ0) is 14.3. The maximum atomic E-state index is 10.8. The Morgan fingerprint density at radius 1 is 1.32 bits per heavy atom. The number of nitrogens with one attached hydrogen (secondary N) is 1. The van der Waals surface area contributed by atoms with Crippen LogP contribution in [0, 0.1) is 0 Å². The molecule has 0 bridgehead atoms. The molecule has 1 aromatic carbocycles. The summed E-state index contributed by atoms with van der Waals surface area (Å²) in [7, 11) is -1.72. The maximum Gasteiger partial charge on any atom is 0.209 e. The van der Waals surface area contributed by atoms with Gasteiger partial charge in [0.2, 0.25) is 10.0 Å². The molecule has 0 aliphatic heterocycles. The van der Waals surface area contributed by atoms with Crippen LogP contribution in [0.3, 0.4) is 0 Å². The minimum atomic E-state index is -3.36. The highest BCUT2D eigenvalue weighted by atomic mass is 32.2. The third-order valence-electron chi connectivity index (χ3n) is 2.92. The van der Waals surface area contributed by atoms with Gasteiger partial charge in [-0.25, -0.2) is 13.6 Å². The summed E-state index contributed by atoms with van der Waals surface area (Å²) in [5.41, 5.74) is 1.17. The highest BCUT2D eigenvalue weighted by molar-refractivity contribution is 7.89. The fraction of sp³-hybridized carbons (Fsp3) is 0.538. The van der Waals surface area contributed by atoms with Gasteiger partial charge in [0.25, 0.3) is 0 Å². The maximum absolute atomic E-state index is 10.8. The molecule has 0 fully saturated rings. The minimum Gasteiger partial charge on any atom is -0.497 e. The molecule has 0 aromatic heterocycles. The number of hydrogen-bond donors (Lipinski definition) is 2. The Kier molecular flexibility index (Phi) is 6.27. The van der Waals surface area contributed by atoms with Gasteiger partial charge in [-0.3, -0.25) is 0 Å². The van der Waals surface area contributed by atoms with Gasteiger partial charge in [0.05, 0.1) is 12.9 Å². The molecule has 1 aromatic rings. The first kappa shape index (κ1) is 15.9. The van der Waals surface area contributed by atoms with Gasteiger partial charge < -0.3 is 10.1 Å². The molecule has 0 spiro atoms. The van der Waals surface area contributed by atoms with Crippen molar-refractivity contribution in [2.45, 2.75) is 25.8 Å². The van der Waals surface area contributed by atoms with Gasteiger partial charge in [0.15, 0.2) is 0 Å². The van der Waals surface area contributed by atoms with Crippen LogP contribution in [0.2, 0.25) is 0 Å². The standard InChI is InChI=1S/C13H22N2O3S/c1-3-13(15-9-4-10-19(14,16)17)11-5-7-12(18-2)8-6-11/h5-8,13,15H,3-4,9-10H2,1-2H3,(H2,14,16,17). The van der Waals surface area contributed by atoms with Crippen molar-refractivity contribution in [3.63, 3.8) is 0 Å². The predicted octanol–water partition coefficient (Wildman–Crippen LogP) is 1.41. The summed E-state index contributed by atoms with van der Waals surface area (Å²) in [5.74, 6) is 0.840. The van der Waals surface area contributed by atoms with Gasteiger partial charge in [-0.1, -0.05) is 19.1 Å². The molecule has 0 aliphatic rings. The lowest BCUT2D eigenvalue weighted by Crippen LogP contribution is -2.25. The molecule has 1 rings (SSSR count). The molecule has 0 saturated heterocycles. The summed E-state index contributed by atoms with van der Waals surface area (Å²) in [6.07, 6.45) is 1.45. The molecule has 0 saturated carbocycles. The Balaban J connectivity index is 2.48. The van der Waals surface area contributed by atoms with E-state index < -0.39 is 10.0 Å². The first-order valence-corrected chi connectivity index (χ1v) is 8.05. The fourth-order valence-electron chi connectivity index (χ4n) is 1.88. The van der Waals surface area contributed by atoms with Gasteiger partial charge in [-0.05, 0) is 37.1 Å². The van der Waals surface area contributed by atoms with E-state index in [-0.39, 0.29) is 11.8 Å². The van der Waals surface area contributed by atoms with Gasteiger partial charge >= 0.3 is 0 Å². The van der Waals surface area contributed by atoms with Crippen LogP contribution in [0.25, 0.3) is 0 Å². The topological polar surface area (TPSA) is 81.4 Å². The van der Waals surface area contributed by atoms with E-state index >= 15 is 0 Å².